The van der Waals surface area contributed by atoms with Gasteiger partial charge in [-0.1, -0.05) is 24.3 Å². The number of phenols is 1. The zero-order valence-corrected chi connectivity index (χ0v) is 34.0. The Bertz CT molecular complexity index is 2060. The number of ether oxygens (including phenoxy) is 9. The van der Waals surface area contributed by atoms with Crippen molar-refractivity contribution in [3.8, 4) is 11.5 Å². The number of carbonyl (C=O) groups is 9. The van der Waals surface area contributed by atoms with Crippen molar-refractivity contribution in [1.29, 1.82) is 0 Å². The quantitative estimate of drug-likeness (QED) is 0.0887. The van der Waals surface area contributed by atoms with E-state index in [1.54, 1.807) is 12.2 Å². The van der Waals surface area contributed by atoms with Crippen molar-refractivity contribution in [3.63, 3.8) is 0 Å². The monoisotopic (exact) mass is 872 g/mol. The number of fused-ring (bicyclic) bond motifs is 2. The molecule has 0 spiro atoms. The molecule has 2 atom stereocenters. The van der Waals surface area contributed by atoms with E-state index < -0.39 is 76.3 Å². The molecule has 2 aliphatic rings. The summed E-state index contributed by atoms with van der Waals surface area (Å²) in [5.74, 6) is -6.18. The fourth-order valence-corrected chi connectivity index (χ4v) is 4.46. The number of methoxy groups -OCH3 is 6. The van der Waals surface area contributed by atoms with Crippen LogP contribution in [0.4, 0.5) is 0 Å². The van der Waals surface area contributed by atoms with Crippen LogP contribution in [0.5, 0.6) is 11.5 Å². The van der Waals surface area contributed by atoms with Crippen molar-refractivity contribution in [2.75, 3.05) is 42.7 Å². The topological polar surface area (TPSA) is 332 Å². The van der Waals surface area contributed by atoms with Crippen LogP contribution in [-0.4, -0.2) is 131 Å². The maximum Gasteiger partial charge on any atom is 0.394 e. The third kappa shape index (κ3) is 17.2. The van der Waals surface area contributed by atoms with Crippen molar-refractivity contribution < 1.29 is 108 Å². The van der Waals surface area contributed by atoms with E-state index in [4.69, 9.17) is 27.0 Å². The van der Waals surface area contributed by atoms with Crippen LogP contribution in [0.15, 0.2) is 59.7 Å². The molecule has 2 heterocycles. The molecule has 24 heteroatoms. The van der Waals surface area contributed by atoms with Crippen molar-refractivity contribution in [2.24, 2.45) is 0 Å². The van der Waals surface area contributed by atoms with Gasteiger partial charge in [-0.3, -0.25) is 23.5 Å². The van der Waals surface area contributed by atoms with Gasteiger partial charge in [-0.2, -0.15) is 8.42 Å². The standard InChI is InChI=1S/C12H12O6.2C10H10O5.C4H6O3.H2O4S/c1-7(13)18-9-6-4-5-8(11(14)16-2)10(9)12(15)17-3;1-13-9(11)7-5-3-4-6(15-5)8(7)10(12)14-2;1-14-9(12)6-4-3-5-7(11)8(6)10(13)15-2;1-3(5)7-4(2)6;1-5(2,3)4/h4-6H,1-3H3;3-6H,1-2H3;3-5,11H,1-2H3;1-2H3;(H2,1,2,3,4)/t;5-,6+;;;. The van der Waals surface area contributed by atoms with E-state index in [2.05, 4.69) is 33.2 Å². The van der Waals surface area contributed by atoms with Crippen LogP contribution < -0.4 is 4.74 Å². The van der Waals surface area contributed by atoms with Crippen LogP contribution in [0.3, 0.4) is 0 Å². The molecule has 0 aromatic heterocycles. The third-order valence-electron chi connectivity index (χ3n) is 6.62. The van der Waals surface area contributed by atoms with Gasteiger partial charge < -0.3 is 47.7 Å². The van der Waals surface area contributed by atoms with E-state index >= 15 is 0 Å². The highest BCUT2D eigenvalue weighted by molar-refractivity contribution is 7.79. The van der Waals surface area contributed by atoms with Gasteiger partial charge in [0.05, 0.1) is 64.9 Å². The Labute approximate surface area is 341 Å². The van der Waals surface area contributed by atoms with E-state index in [9.17, 15) is 48.3 Å². The molecule has 328 valence electrons. The van der Waals surface area contributed by atoms with E-state index in [0.29, 0.717) is 0 Å². The number of phenolic OH excluding ortho intramolecular Hbond substituents is 1. The molecular formula is C36H40O23S. The number of benzene rings is 2. The van der Waals surface area contributed by atoms with Crippen molar-refractivity contribution >= 4 is 64.1 Å². The zero-order chi connectivity index (χ0) is 46.5. The average molecular weight is 873 g/mol. The van der Waals surface area contributed by atoms with Gasteiger partial charge in [-0.05, 0) is 24.3 Å². The summed E-state index contributed by atoms with van der Waals surface area (Å²) in [6, 6.07) is 8.34. The van der Waals surface area contributed by atoms with Gasteiger partial charge >= 0.3 is 64.1 Å². The number of carbonyl (C=O) groups excluding carboxylic acids is 9. The van der Waals surface area contributed by atoms with Crippen molar-refractivity contribution in [2.45, 2.75) is 33.0 Å². The van der Waals surface area contributed by atoms with Crippen LogP contribution in [0.1, 0.15) is 62.2 Å². The predicted molar refractivity (Wildman–Crippen MR) is 197 cm³/mol. The molecule has 0 saturated carbocycles. The summed E-state index contributed by atoms with van der Waals surface area (Å²) in [6.07, 6.45) is 2.50. The van der Waals surface area contributed by atoms with E-state index in [0.717, 1.165) is 14.2 Å². The van der Waals surface area contributed by atoms with E-state index in [-0.39, 0.29) is 44.9 Å². The molecular weight excluding hydrogens is 832 g/mol. The second-order valence-corrected chi connectivity index (χ2v) is 11.5. The SMILES string of the molecule is CC(=O)OC(C)=O.COC(=O)C1=C(C(=O)OC)[C@H]2C=C[C@@H]1O2.COC(=O)c1cccc(O)c1C(=O)OC.COC(=O)c1cccc(OC(C)=O)c1C(=O)OC.O=S(=O)(O)O. The predicted octanol–water partition coefficient (Wildman–Crippen LogP) is 1.56. The Balaban J connectivity index is 0.000000769. The number of aromatic hydroxyl groups is 1. The van der Waals surface area contributed by atoms with Crippen molar-refractivity contribution in [3.05, 3.63) is 82.0 Å². The van der Waals surface area contributed by atoms with E-state index in [1.807, 2.05) is 0 Å². The van der Waals surface area contributed by atoms with Crippen LogP contribution in [0, 0.1) is 0 Å². The molecule has 0 saturated heterocycles. The lowest BCUT2D eigenvalue weighted by Crippen LogP contribution is -2.20. The van der Waals surface area contributed by atoms with Crippen LogP contribution in [0.2, 0.25) is 0 Å². The Morgan fingerprint density at radius 3 is 1.22 bits per heavy atom. The highest BCUT2D eigenvalue weighted by atomic mass is 32.3. The van der Waals surface area contributed by atoms with Crippen LogP contribution >= 0.6 is 0 Å². The van der Waals surface area contributed by atoms with Crippen LogP contribution in [0.25, 0.3) is 0 Å². The highest BCUT2D eigenvalue weighted by Crippen LogP contribution is 2.35. The first-order valence-corrected chi connectivity index (χ1v) is 17.4. The number of esters is 9. The Kier molecular flexibility index (Phi) is 22.4. The molecule has 60 heavy (non-hydrogen) atoms. The minimum atomic E-state index is -4.67. The minimum Gasteiger partial charge on any atom is -0.507 e. The molecule has 2 aliphatic heterocycles. The highest BCUT2D eigenvalue weighted by Gasteiger charge is 2.44. The normalized spacial score (nSPS) is 13.8. The summed E-state index contributed by atoms with van der Waals surface area (Å²) >= 11 is 0. The number of hydrogen-bond acceptors (Lipinski definition) is 21. The summed E-state index contributed by atoms with van der Waals surface area (Å²) in [6.45, 7) is 3.55. The van der Waals surface area contributed by atoms with Crippen LogP contribution in [-0.2, 0) is 72.3 Å². The van der Waals surface area contributed by atoms with Gasteiger partial charge in [0.15, 0.2) is 0 Å². The van der Waals surface area contributed by atoms with Crippen molar-refractivity contribution in [1.82, 2.24) is 0 Å². The summed E-state index contributed by atoms with van der Waals surface area (Å²) in [7, 11) is 2.55. The molecule has 2 aromatic rings. The van der Waals surface area contributed by atoms with Gasteiger partial charge in [-0.15, -0.1) is 0 Å². The fraction of sp³-hybridized carbons (Fsp3) is 0.306. The van der Waals surface area contributed by atoms with E-state index in [1.165, 1.54) is 85.6 Å². The maximum atomic E-state index is 11.6. The second kappa shape index (κ2) is 25.4. The Hall–Kier alpha value is -7.02. The summed E-state index contributed by atoms with van der Waals surface area (Å²) in [4.78, 5) is 99.1. The second-order valence-electron chi connectivity index (χ2n) is 10.6. The summed E-state index contributed by atoms with van der Waals surface area (Å²) in [5.41, 5.74) is 0.120. The van der Waals surface area contributed by atoms with Gasteiger partial charge in [0.2, 0.25) is 0 Å². The lowest BCUT2D eigenvalue weighted by molar-refractivity contribution is -0.156. The summed E-state index contributed by atoms with van der Waals surface area (Å²) < 4.78 is 73.0. The van der Waals surface area contributed by atoms with Gasteiger partial charge in [-0.25, -0.2) is 28.8 Å². The fourth-order valence-electron chi connectivity index (χ4n) is 4.46. The maximum absolute atomic E-state index is 11.6. The molecule has 2 bridgehead atoms. The molecule has 3 N–H and O–H groups in total. The first kappa shape index (κ1) is 53.0. The molecule has 2 aromatic carbocycles. The molecule has 0 fully saturated rings. The average Bonchev–Trinajstić information content (AvgIpc) is 3.81. The van der Waals surface area contributed by atoms with Gasteiger partial charge in [0, 0.05) is 20.8 Å². The molecule has 4 rings (SSSR count). The smallest absolute Gasteiger partial charge is 0.394 e. The van der Waals surface area contributed by atoms with Gasteiger partial charge in [0.1, 0.15) is 34.8 Å². The molecule has 0 radical (unpaired) electrons. The largest absolute Gasteiger partial charge is 0.507 e. The number of hydrogen-bond donors (Lipinski definition) is 3. The minimum absolute atomic E-state index is 0.0237. The zero-order valence-electron chi connectivity index (χ0n) is 33.2. The lowest BCUT2D eigenvalue weighted by atomic mass is 9.97. The number of rotatable bonds is 7. The first-order chi connectivity index (χ1) is 27.9. The Morgan fingerprint density at radius 1 is 0.533 bits per heavy atom. The lowest BCUT2D eigenvalue weighted by Gasteiger charge is -2.10. The molecule has 0 aliphatic carbocycles. The third-order valence-corrected chi connectivity index (χ3v) is 6.62. The summed E-state index contributed by atoms with van der Waals surface area (Å²) in [5, 5.41) is 9.43. The molecule has 0 amide bonds. The Morgan fingerprint density at radius 2 is 0.883 bits per heavy atom. The molecule has 23 nitrogen and oxygen atoms in total. The first-order valence-electron chi connectivity index (χ1n) is 16.0. The molecule has 0 unspecified atom stereocenters. The van der Waals surface area contributed by atoms with Gasteiger partial charge in [0.25, 0.3) is 0 Å².